The molecule has 4 saturated carbocycles. The average molecular weight is 333 g/mol. The summed E-state index contributed by atoms with van der Waals surface area (Å²) in [6.45, 7) is 7.56. The van der Waals surface area contributed by atoms with Gasteiger partial charge in [-0.2, -0.15) is 0 Å². The Balaban J connectivity index is 1.58. The summed E-state index contributed by atoms with van der Waals surface area (Å²) in [5, 5.41) is 3.57. The Morgan fingerprint density at radius 3 is 2.33 bits per heavy atom. The summed E-state index contributed by atoms with van der Waals surface area (Å²) < 4.78 is 0. The zero-order chi connectivity index (χ0) is 17.1. The van der Waals surface area contributed by atoms with Crippen LogP contribution in [0.2, 0.25) is 0 Å². The van der Waals surface area contributed by atoms with Crippen molar-refractivity contribution in [2.75, 3.05) is 7.05 Å². The summed E-state index contributed by atoms with van der Waals surface area (Å²) in [7, 11) is 2.16. The number of fused-ring (bicyclic) bond motifs is 5. The fourth-order valence-corrected chi connectivity index (χ4v) is 8.42. The molecule has 24 heavy (non-hydrogen) atoms. The van der Waals surface area contributed by atoms with Gasteiger partial charge in [0.1, 0.15) is 0 Å². The minimum atomic E-state index is 0.384. The van der Waals surface area contributed by atoms with E-state index in [0.29, 0.717) is 16.9 Å². The lowest BCUT2D eigenvalue weighted by molar-refractivity contribution is -0.115. The van der Waals surface area contributed by atoms with E-state index in [1.165, 1.54) is 57.8 Å². The number of rotatable bonds is 2. The second kappa shape index (κ2) is 5.98. The van der Waals surface area contributed by atoms with Crippen molar-refractivity contribution in [1.29, 1.82) is 0 Å². The standard InChI is InChI=1S/C22H40N2/c1-14(23)18-7-8-19-17-6-5-15-13-16(24-4)9-11-21(15,2)20(17)10-12-22(18,19)3/h14-20,24H,5-13,23H2,1-4H3/t14?,15-,16-,17-,18+,19-,20-,21-,22+/m0/s1. The first-order valence-corrected chi connectivity index (χ1v) is 10.8. The van der Waals surface area contributed by atoms with E-state index in [1.807, 2.05) is 0 Å². The Kier molecular flexibility index (Phi) is 4.32. The van der Waals surface area contributed by atoms with Gasteiger partial charge < -0.3 is 11.1 Å². The van der Waals surface area contributed by atoms with Gasteiger partial charge in [0, 0.05) is 12.1 Å². The van der Waals surface area contributed by atoms with Crippen LogP contribution < -0.4 is 11.1 Å². The van der Waals surface area contributed by atoms with Gasteiger partial charge in [0.15, 0.2) is 0 Å². The van der Waals surface area contributed by atoms with Gasteiger partial charge in [0.05, 0.1) is 0 Å². The molecule has 2 heteroatoms. The number of nitrogens with one attached hydrogen (secondary N) is 1. The third-order valence-corrected chi connectivity index (χ3v) is 9.78. The smallest absolute Gasteiger partial charge is 0.00671 e. The summed E-state index contributed by atoms with van der Waals surface area (Å²) in [6, 6.07) is 1.16. The van der Waals surface area contributed by atoms with Crippen molar-refractivity contribution in [1.82, 2.24) is 5.32 Å². The van der Waals surface area contributed by atoms with Crippen LogP contribution in [0.5, 0.6) is 0 Å². The molecular weight excluding hydrogens is 292 g/mol. The van der Waals surface area contributed by atoms with Crippen LogP contribution >= 0.6 is 0 Å². The van der Waals surface area contributed by atoms with Crippen molar-refractivity contribution in [3.8, 4) is 0 Å². The van der Waals surface area contributed by atoms with Gasteiger partial charge in [-0.1, -0.05) is 13.8 Å². The van der Waals surface area contributed by atoms with Crippen LogP contribution in [0, 0.1) is 40.4 Å². The first kappa shape index (κ1) is 17.3. The normalized spacial score (nSPS) is 55.4. The van der Waals surface area contributed by atoms with Gasteiger partial charge in [-0.15, -0.1) is 0 Å². The first-order chi connectivity index (χ1) is 11.4. The van der Waals surface area contributed by atoms with Crippen LogP contribution in [0.4, 0.5) is 0 Å². The molecule has 0 aromatic carbocycles. The summed E-state index contributed by atoms with van der Waals surface area (Å²) in [4.78, 5) is 0. The summed E-state index contributed by atoms with van der Waals surface area (Å²) >= 11 is 0. The Morgan fingerprint density at radius 2 is 1.62 bits per heavy atom. The molecule has 1 unspecified atom stereocenters. The maximum Gasteiger partial charge on any atom is 0.00671 e. The summed E-state index contributed by atoms with van der Waals surface area (Å²) in [5.41, 5.74) is 7.59. The van der Waals surface area contributed by atoms with Gasteiger partial charge in [-0.05, 0) is 112 Å². The Morgan fingerprint density at radius 1 is 0.917 bits per heavy atom. The highest BCUT2D eigenvalue weighted by atomic mass is 14.9. The molecule has 4 fully saturated rings. The SMILES string of the molecule is CN[C@H]1CC[C@@]2(C)[C@@H](CC[C@@H]3[C@@H]2CC[C@]2(C)[C@@H](C(C)N)CC[C@@H]32)C1. The molecule has 0 aromatic rings. The van der Waals surface area contributed by atoms with Gasteiger partial charge >= 0.3 is 0 Å². The molecule has 0 spiro atoms. The molecule has 0 aromatic heterocycles. The molecule has 0 heterocycles. The predicted octanol–water partition coefficient (Wildman–Crippen LogP) is 4.58. The van der Waals surface area contributed by atoms with Crippen molar-refractivity contribution >= 4 is 0 Å². The lowest BCUT2D eigenvalue weighted by Crippen LogP contribution is -2.55. The summed E-state index contributed by atoms with van der Waals surface area (Å²) in [5.74, 6) is 4.71. The van der Waals surface area contributed by atoms with E-state index >= 15 is 0 Å². The van der Waals surface area contributed by atoms with Gasteiger partial charge in [-0.3, -0.25) is 0 Å². The topological polar surface area (TPSA) is 38.0 Å². The molecular formula is C22H40N2. The highest BCUT2D eigenvalue weighted by molar-refractivity contribution is 5.10. The largest absolute Gasteiger partial charge is 0.328 e. The van der Waals surface area contributed by atoms with E-state index in [4.69, 9.17) is 5.73 Å². The lowest BCUT2D eigenvalue weighted by atomic mass is 9.44. The Bertz CT molecular complexity index is 475. The molecule has 0 radical (unpaired) electrons. The Hall–Kier alpha value is -0.0800. The van der Waals surface area contributed by atoms with Gasteiger partial charge in [0.2, 0.25) is 0 Å². The third-order valence-electron chi connectivity index (χ3n) is 9.78. The van der Waals surface area contributed by atoms with Crippen molar-refractivity contribution in [3.63, 3.8) is 0 Å². The van der Waals surface area contributed by atoms with Crippen LogP contribution in [-0.2, 0) is 0 Å². The second-order valence-corrected chi connectivity index (χ2v) is 10.5. The van der Waals surface area contributed by atoms with E-state index in [0.717, 1.165) is 35.6 Å². The molecule has 4 aliphatic rings. The van der Waals surface area contributed by atoms with Crippen molar-refractivity contribution < 1.29 is 0 Å². The Labute approximate surface area is 149 Å². The molecule has 3 N–H and O–H groups in total. The maximum absolute atomic E-state index is 6.41. The fraction of sp³-hybridized carbons (Fsp3) is 1.00. The van der Waals surface area contributed by atoms with Crippen molar-refractivity contribution in [3.05, 3.63) is 0 Å². The lowest BCUT2D eigenvalue weighted by Gasteiger charge is -2.61. The van der Waals surface area contributed by atoms with Gasteiger partial charge in [-0.25, -0.2) is 0 Å². The molecule has 9 atom stereocenters. The zero-order valence-corrected chi connectivity index (χ0v) is 16.5. The van der Waals surface area contributed by atoms with E-state index in [9.17, 15) is 0 Å². The van der Waals surface area contributed by atoms with Crippen LogP contribution in [0.1, 0.15) is 78.6 Å². The first-order valence-electron chi connectivity index (χ1n) is 10.8. The molecule has 2 nitrogen and oxygen atoms in total. The maximum atomic E-state index is 6.41. The van der Waals surface area contributed by atoms with E-state index in [2.05, 4.69) is 33.1 Å². The molecule has 138 valence electrons. The van der Waals surface area contributed by atoms with Crippen LogP contribution in [0.25, 0.3) is 0 Å². The monoisotopic (exact) mass is 332 g/mol. The summed E-state index contributed by atoms with van der Waals surface area (Å²) in [6.07, 6.45) is 13.1. The van der Waals surface area contributed by atoms with Gasteiger partial charge in [0.25, 0.3) is 0 Å². The molecule has 4 rings (SSSR count). The van der Waals surface area contributed by atoms with E-state index in [-0.39, 0.29) is 0 Å². The van der Waals surface area contributed by atoms with Crippen LogP contribution in [0.15, 0.2) is 0 Å². The highest BCUT2D eigenvalue weighted by Gasteiger charge is 2.60. The minimum absolute atomic E-state index is 0.384. The molecule has 0 aliphatic heterocycles. The van der Waals surface area contributed by atoms with Crippen molar-refractivity contribution in [2.45, 2.75) is 90.6 Å². The zero-order valence-electron chi connectivity index (χ0n) is 16.5. The fourth-order valence-electron chi connectivity index (χ4n) is 8.42. The number of hydrogen-bond donors (Lipinski definition) is 2. The third kappa shape index (κ3) is 2.35. The number of hydrogen-bond acceptors (Lipinski definition) is 2. The quantitative estimate of drug-likeness (QED) is 0.777. The highest BCUT2D eigenvalue weighted by Crippen LogP contribution is 2.67. The van der Waals surface area contributed by atoms with Crippen LogP contribution in [-0.4, -0.2) is 19.1 Å². The van der Waals surface area contributed by atoms with Crippen LogP contribution in [0.3, 0.4) is 0 Å². The predicted molar refractivity (Wildman–Crippen MR) is 102 cm³/mol. The second-order valence-electron chi connectivity index (χ2n) is 10.5. The minimum Gasteiger partial charge on any atom is -0.328 e. The molecule has 0 amide bonds. The van der Waals surface area contributed by atoms with Crippen molar-refractivity contribution in [2.24, 2.45) is 46.2 Å². The number of nitrogens with two attached hydrogens (primary N) is 1. The molecule has 4 aliphatic carbocycles. The molecule has 0 saturated heterocycles. The van der Waals surface area contributed by atoms with E-state index < -0.39 is 0 Å². The van der Waals surface area contributed by atoms with E-state index in [1.54, 1.807) is 0 Å². The molecule has 0 bridgehead atoms. The average Bonchev–Trinajstić information content (AvgIpc) is 2.91.